The molecule has 0 amide bonds. The molecule has 0 radical (unpaired) electrons. The summed E-state index contributed by atoms with van der Waals surface area (Å²) >= 11 is 5.89. The lowest BCUT2D eigenvalue weighted by Crippen LogP contribution is -1.72. The van der Waals surface area contributed by atoms with Crippen molar-refractivity contribution in [3.05, 3.63) is 32.6 Å². The summed E-state index contributed by atoms with van der Waals surface area (Å²) in [7, 11) is 0. The molecule has 0 fully saturated rings. The molecule has 1 aromatic carbocycles. The summed E-state index contributed by atoms with van der Waals surface area (Å²) in [6.07, 6.45) is 0. The van der Waals surface area contributed by atoms with Gasteiger partial charge in [0.15, 0.2) is 0 Å². The van der Waals surface area contributed by atoms with Crippen molar-refractivity contribution >= 4 is 31.9 Å². The quantitative estimate of drug-likeness (QED) is 0.666. The van der Waals surface area contributed by atoms with E-state index >= 15 is 0 Å². The maximum atomic E-state index is 7.59. The van der Waals surface area contributed by atoms with Crippen LogP contribution >= 0.6 is 31.9 Å². The molecular weight excluding hydrogens is 244 g/mol. The highest BCUT2D eigenvalue weighted by Gasteiger charge is 1.91. The molecule has 1 rings (SSSR count). The first-order valence-corrected chi connectivity index (χ1v) is 3.71. The van der Waals surface area contributed by atoms with E-state index in [9.17, 15) is 0 Å². The lowest BCUT2D eigenvalue weighted by molar-refractivity contribution is 1.41. The summed E-state index contributed by atoms with van der Waals surface area (Å²) in [6, 6.07) is -0.702. The maximum Gasteiger partial charge on any atom is 0.0638 e. The van der Waals surface area contributed by atoms with Crippen LogP contribution in [0.2, 0.25) is 0 Å². The molecule has 0 aliphatic rings. The molecule has 0 bridgehead atoms. The normalized spacial score (nSPS) is 20.7. The van der Waals surface area contributed by atoms with Crippen LogP contribution in [0.4, 0.5) is 0 Å². The third-order valence-electron chi connectivity index (χ3n) is 0.736. The van der Waals surface area contributed by atoms with Gasteiger partial charge in [0.1, 0.15) is 0 Å². The second kappa shape index (κ2) is 2.84. The SMILES string of the molecule is [2H]c1c([2H])c(Br)c(C([2H])([2H])[2H])c([2H])c1Br. The Kier molecular flexibility index (Phi) is 0.842. The fourth-order valence-corrected chi connectivity index (χ4v) is 0.864. The Hall–Kier alpha value is 0.180. The highest BCUT2D eigenvalue weighted by molar-refractivity contribution is 9.11. The van der Waals surface area contributed by atoms with Gasteiger partial charge in [-0.15, -0.1) is 0 Å². The van der Waals surface area contributed by atoms with E-state index in [1.54, 1.807) is 0 Å². The zero-order chi connectivity index (χ0) is 12.0. The minimum Gasteiger partial charge on any atom is -0.0508 e. The summed E-state index contributed by atoms with van der Waals surface area (Å²) in [5.74, 6) is 0. The van der Waals surface area contributed by atoms with Gasteiger partial charge in [0.25, 0.3) is 0 Å². The van der Waals surface area contributed by atoms with Crippen LogP contribution < -0.4 is 0 Å². The highest BCUT2D eigenvalue weighted by atomic mass is 79.9. The van der Waals surface area contributed by atoms with Crippen LogP contribution in [0, 0.1) is 6.85 Å². The van der Waals surface area contributed by atoms with Gasteiger partial charge in [0, 0.05) is 13.1 Å². The van der Waals surface area contributed by atoms with Gasteiger partial charge in [0.2, 0.25) is 0 Å². The van der Waals surface area contributed by atoms with E-state index in [0.717, 1.165) is 0 Å². The van der Waals surface area contributed by atoms with Gasteiger partial charge >= 0.3 is 0 Å². The average Bonchev–Trinajstić information content (AvgIpc) is 2.09. The summed E-state index contributed by atoms with van der Waals surface area (Å²) in [6.45, 7) is -2.47. The van der Waals surface area contributed by atoms with Crippen LogP contribution in [0.3, 0.4) is 0 Å². The van der Waals surface area contributed by atoms with Crippen molar-refractivity contribution in [2.75, 3.05) is 0 Å². The largest absolute Gasteiger partial charge is 0.0638 e. The third-order valence-corrected chi connectivity index (χ3v) is 1.73. The highest BCUT2D eigenvalue weighted by Crippen LogP contribution is 2.19. The van der Waals surface area contributed by atoms with Crippen LogP contribution in [-0.2, 0) is 0 Å². The number of benzene rings is 1. The molecule has 0 aliphatic heterocycles. The summed E-state index contributed by atoms with van der Waals surface area (Å²) in [5, 5.41) is 0. The van der Waals surface area contributed by atoms with Crippen molar-refractivity contribution in [2.24, 2.45) is 0 Å². The molecule has 0 saturated heterocycles. The molecule has 0 aromatic heterocycles. The van der Waals surface area contributed by atoms with Crippen LogP contribution in [-0.4, -0.2) is 0 Å². The zero-order valence-corrected chi connectivity index (χ0v) is 7.43. The second-order valence-corrected chi connectivity index (χ2v) is 2.96. The molecular formula is C7H6Br2. The number of hydrogen-bond acceptors (Lipinski definition) is 0. The van der Waals surface area contributed by atoms with Gasteiger partial charge in [-0.2, -0.15) is 0 Å². The molecule has 0 unspecified atom stereocenters. The second-order valence-electron chi connectivity index (χ2n) is 1.38. The van der Waals surface area contributed by atoms with Gasteiger partial charge in [0.05, 0.1) is 4.11 Å². The predicted molar refractivity (Wildman–Crippen MR) is 46.6 cm³/mol. The van der Waals surface area contributed by atoms with Gasteiger partial charge in [-0.1, -0.05) is 31.9 Å². The van der Waals surface area contributed by atoms with Crippen molar-refractivity contribution in [1.82, 2.24) is 0 Å². The Balaban J connectivity index is 3.68. The van der Waals surface area contributed by atoms with Crippen molar-refractivity contribution in [1.29, 1.82) is 0 Å². The molecule has 48 valence electrons. The number of rotatable bonds is 0. The molecule has 0 nitrogen and oxygen atoms in total. The standard InChI is InChI=1S/C7H6Br2/c1-5-4-6(8)2-3-7(5)9/h2-4H,1H3/i1D3,2D,3D,4D. The predicted octanol–water partition coefficient (Wildman–Crippen LogP) is 3.52. The van der Waals surface area contributed by atoms with Gasteiger partial charge in [-0.05, 0) is 30.5 Å². The van der Waals surface area contributed by atoms with E-state index < -0.39 is 6.85 Å². The maximum absolute atomic E-state index is 7.59. The zero-order valence-electron chi connectivity index (χ0n) is 10.3. The molecule has 0 atom stereocenters. The summed E-state index contributed by atoms with van der Waals surface area (Å²) in [4.78, 5) is 0. The first kappa shape index (κ1) is 2.67. The number of hydrogen-bond donors (Lipinski definition) is 0. The van der Waals surface area contributed by atoms with Gasteiger partial charge < -0.3 is 0 Å². The first-order chi connectivity index (χ1) is 6.68. The van der Waals surface area contributed by atoms with E-state index in [0.29, 0.717) is 0 Å². The molecule has 0 aliphatic carbocycles. The Morgan fingerprint density at radius 3 is 3.00 bits per heavy atom. The first-order valence-electron chi connectivity index (χ1n) is 5.13. The minimum absolute atomic E-state index is 0.0132. The van der Waals surface area contributed by atoms with E-state index in [-0.39, 0.29) is 32.6 Å². The number of halogens is 2. The molecule has 0 heterocycles. The van der Waals surface area contributed by atoms with E-state index in [2.05, 4.69) is 31.9 Å². The van der Waals surface area contributed by atoms with Crippen LogP contribution in [0.15, 0.2) is 27.1 Å². The van der Waals surface area contributed by atoms with E-state index in [1.807, 2.05) is 0 Å². The van der Waals surface area contributed by atoms with E-state index in [4.69, 9.17) is 8.22 Å². The third kappa shape index (κ3) is 1.80. The van der Waals surface area contributed by atoms with E-state index in [1.165, 1.54) is 0 Å². The van der Waals surface area contributed by atoms with Crippen molar-refractivity contribution in [3.8, 4) is 0 Å². The summed E-state index contributed by atoms with van der Waals surface area (Å²) < 4.78 is 44.3. The minimum atomic E-state index is -2.47. The molecule has 0 N–H and O–H groups in total. The van der Waals surface area contributed by atoms with Crippen LogP contribution in [0.5, 0.6) is 0 Å². The Bertz CT molecular complexity index is 382. The monoisotopic (exact) mass is 254 g/mol. The summed E-state index contributed by atoms with van der Waals surface area (Å²) in [5.41, 5.74) is -0.240. The molecule has 2 heteroatoms. The fourth-order valence-electron chi connectivity index (χ4n) is 0.368. The van der Waals surface area contributed by atoms with Crippen molar-refractivity contribution in [3.63, 3.8) is 0 Å². The van der Waals surface area contributed by atoms with Crippen molar-refractivity contribution in [2.45, 2.75) is 6.85 Å². The topological polar surface area (TPSA) is 0 Å². The van der Waals surface area contributed by atoms with Gasteiger partial charge in [-0.3, -0.25) is 0 Å². The van der Waals surface area contributed by atoms with Crippen LogP contribution in [0.25, 0.3) is 0 Å². The van der Waals surface area contributed by atoms with Crippen LogP contribution in [0.1, 0.15) is 13.8 Å². The Labute approximate surface area is 80.0 Å². The van der Waals surface area contributed by atoms with Gasteiger partial charge in [-0.25, -0.2) is 0 Å². The molecule has 0 saturated carbocycles. The fraction of sp³-hybridized carbons (Fsp3) is 0.143. The van der Waals surface area contributed by atoms with Crippen molar-refractivity contribution < 1.29 is 8.22 Å². The average molecular weight is 256 g/mol. The molecule has 0 spiro atoms. The Morgan fingerprint density at radius 1 is 1.56 bits per heavy atom. The Morgan fingerprint density at radius 2 is 2.33 bits per heavy atom. The lowest BCUT2D eigenvalue weighted by atomic mass is 10.2. The lowest BCUT2D eigenvalue weighted by Gasteiger charge is -1.95. The molecule has 9 heavy (non-hydrogen) atoms. The molecule has 1 aromatic rings. The smallest absolute Gasteiger partial charge is 0.0508 e.